The van der Waals surface area contributed by atoms with Gasteiger partial charge in [0.25, 0.3) is 0 Å². The fourth-order valence-electron chi connectivity index (χ4n) is 2.59. The molecular weight excluding hydrogens is 385 g/mol. The van der Waals surface area contributed by atoms with Crippen LogP contribution in [-0.2, 0) is 9.59 Å². The summed E-state index contributed by atoms with van der Waals surface area (Å²) in [5.41, 5.74) is 1.62. The van der Waals surface area contributed by atoms with E-state index in [1.54, 1.807) is 42.1 Å². The molecule has 0 aliphatic heterocycles. The first-order valence-electron chi connectivity index (χ1n) is 8.52. The van der Waals surface area contributed by atoms with Crippen LogP contribution in [0, 0.1) is 0 Å². The minimum absolute atomic E-state index is 0.0443. The highest BCUT2D eigenvalue weighted by molar-refractivity contribution is 6.42. The van der Waals surface area contributed by atoms with Gasteiger partial charge in [-0.25, -0.2) is 0 Å². The summed E-state index contributed by atoms with van der Waals surface area (Å²) in [5, 5.41) is 3.54. The van der Waals surface area contributed by atoms with Gasteiger partial charge in [-0.15, -0.1) is 0 Å². The molecule has 144 valence electrons. The highest BCUT2D eigenvalue weighted by Gasteiger charge is 2.19. The first-order chi connectivity index (χ1) is 12.8. The van der Waals surface area contributed by atoms with E-state index < -0.39 is 0 Å². The predicted molar refractivity (Wildman–Crippen MR) is 110 cm³/mol. The molecule has 27 heavy (non-hydrogen) atoms. The fourth-order valence-corrected chi connectivity index (χ4v) is 2.89. The molecule has 2 aromatic rings. The summed E-state index contributed by atoms with van der Waals surface area (Å²) in [6.45, 7) is 2.20. The Balaban J connectivity index is 1.86. The van der Waals surface area contributed by atoms with Crippen molar-refractivity contribution in [2.45, 2.75) is 13.0 Å². The molecule has 0 saturated carbocycles. The second-order valence-corrected chi connectivity index (χ2v) is 7.26. The largest absolute Gasteiger partial charge is 0.338 e. The standard InChI is InChI=1S/C20H23Cl2N3O2/c1-14(15-7-5-4-6-8-15)25(3)20(27)13-24(2)12-19(26)23-16-9-10-17(21)18(22)11-16/h4-11,14H,12-13H2,1-3H3,(H,23,26)/t14-/m1/s1. The van der Waals surface area contributed by atoms with Gasteiger partial charge in [0, 0.05) is 12.7 Å². The van der Waals surface area contributed by atoms with Gasteiger partial charge in [0.1, 0.15) is 0 Å². The van der Waals surface area contributed by atoms with Crippen molar-refractivity contribution in [3.63, 3.8) is 0 Å². The number of rotatable bonds is 7. The van der Waals surface area contributed by atoms with Crippen molar-refractivity contribution < 1.29 is 9.59 Å². The number of carbonyl (C=O) groups is 2. The highest BCUT2D eigenvalue weighted by atomic mass is 35.5. The maximum atomic E-state index is 12.5. The van der Waals surface area contributed by atoms with Crippen molar-refractivity contribution >= 4 is 40.7 Å². The number of anilines is 1. The molecule has 0 fully saturated rings. The molecule has 0 aliphatic rings. The van der Waals surface area contributed by atoms with E-state index in [1.807, 2.05) is 37.3 Å². The molecule has 0 bridgehead atoms. The summed E-state index contributed by atoms with van der Waals surface area (Å²) in [4.78, 5) is 28.0. The van der Waals surface area contributed by atoms with E-state index in [9.17, 15) is 9.59 Å². The Hall–Kier alpha value is -2.08. The topological polar surface area (TPSA) is 52.7 Å². The van der Waals surface area contributed by atoms with Crippen molar-refractivity contribution in [2.75, 3.05) is 32.5 Å². The molecule has 1 N–H and O–H groups in total. The SMILES string of the molecule is C[C@H](c1ccccc1)N(C)C(=O)CN(C)CC(=O)Nc1ccc(Cl)c(Cl)c1. The number of halogens is 2. The van der Waals surface area contributed by atoms with E-state index in [1.165, 1.54) is 0 Å². The average molecular weight is 408 g/mol. The van der Waals surface area contributed by atoms with Gasteiger partial charge in [0.2, 0.25) is 11.8 Å². The quantitative estimate of drug-likeness (QED) is 0.751. The van der Waals surface area contributed by atoms with Gasteiger partial charge in [0.05, 0.1) is 29.2 Å². The minimum Gasteiger partial charge on any atom is -0.338 e. The maximum Gasteiger partial charge on any atom is 0.238 e. The second-order valence-electron chi connectivity index (χ2n) is 6.44. The molecular formula is C20H23Cl2N3O2. The molecule has 2 aromatic carbocycles. The summed E-state index contributed by atoms with van der Waals surface area (Å²) >= 11 is 11.8. The monoisotopic (exact) mass is 407 g/mol. The second kappa shape index (κ2) is 9.74. The Kier molecular flexibility index (Phi) is 7.66. The third-order valence-electron chi connectivity index (χ3n) is 4.28. The van der Waals surface area contributed by atoms with Crippen molar-refractivity contribution in [3.8, 4) is 0 Å². The fraction of sp³-hybridized carbons (Fsp3) is 0.300. The van der Waals surface area contributed by atoms with Crippen molar-refractivity contribution in [2.24, 2.45) is 0 Å². The lowest BCUT2D eigenvalue weighted by molar-refractivity contribution is -0.133. The van der Waals surface area contributed by atoms with Crippen LogP contribution in [-0.4, -0.2) is 48.8 Å². The molecule has 0 radical (unpaired) electrons. The number of amides is 2. The summed E-state index contributed by atoms with van der Waals surface area (Å²) in [6.07, 6.45) is 0. The lowest BCUT2D eigenvalue weighted by Gasteiger charge is -2.27. The van der Waals surface area contributed by atoms with Crippen LogP contribution in [0.2, 0.25) is 10.0 Å². The summed E-state index contributed by atoms with van der Waals surface area (Å²) < 4.78 is 0. The number of benzene rings is 2. The van der Waals surface area contributed by atoms with Gasteiger partial charge in [-0.1, -0.05) is 53.5 Å². The molecule has 0 spiro atoms. The molecule has 2 rings (SSSR count). The van der Waals surface area contributed by atoms with Gasteiger partial charge in [-0.05, 0) is 37.7 Å². The summed E-state index contributed by atoms with van der Waals surface area (Å²) in [7, 11) is 3.50. The Labute approximate surface area is 169 Å². The number of carbonyl (C=O) groups excluding carboxylic acids is 2. The lowest BCUT2D eigenvalue weighted by atomic mass is 10.1. The Morgan fingerprint density at radius 1 is 1.00 bits per heavy atom. The van der Waals surface area contributed by atoms with Crippen LogP contribution in [0.3, 0.4) is 0 Å². The van der Waals surface area contributed by atoms with Crippen molar-refractivity contribution in [3.05, 3.63) is 64.1 Å². The van der Waals surface area contributed by atoms with E-state index in [-0.39, 0.29) is 30.9 Å². The van der Waals surface area contributed by atoms with Crippen molar-refractivity contribution in [1.82, 2.24) is 9.80 Å². The van der Waals surface area contributed by atoms with E-state index in [4.69, 9.17) is 23.2 Å². The van der Waals surface area contributed by atoms with Gasteiger partial charge in [-0.3, -0.25) is 14.5 Å². The maximum absolute atomic E-state index is 12.5. The minimum atomic E-state index is -0.234. The third-order valence-corrected chi connectivity index (χ3v) is 5.02. The van der Waals surface area contributed by atoms with Crippen LogP contribution < -0.4 is 5.32 Å². The Morgan fingerprint density at radius 3 is 2.30 bits per heavy atom. The van der Waals surface area contributed by atoms with Crippen LogP contribution in [0.4, 0.5) is 5.69 Å². The number of likely N-dealkylation sites (N-methyl/N-ethyl adjacent to an activating group) is 2. The molecule has 1 atom stereocenters. The van der Waals surface area contributed by atoms with Crippen molar-refractivity contribution in [1.29, 1.82) is 0 Å². The van der Waals surface area contributed by atoms with Gasteiger partial charge < -0.3 is 10.2 Å². The highest BCUT2D eigenvalue weighted by Crippen LogP contribution is 2.25. The zero-order valence-corrected chi connectivity index (χ0v) is 17.1. The molecule has 0 unspecified atom stereocenters. The molecule has 0 saturated heterocycles. The Morgan fingerprint density at radius 2 is 1.67 bits per heavy atom. The van der Waals surface area contributed by atoms with Gasteiger partial charge >= 0.3 is 0 Å². The number of hydrogen-bond acceptors (Lipinski definition) is 3. The van der Waals surface area contributed by atoms with Gasteiger partial charge in [-0.2, -0.15) is 0 Å². The number of nitrogens with zero attached hydrogens (tertiary/aromatic N) is 2. The molecule has 0 aliphatic carbocycles. The smallest absolute Gasteiger partial charge is 0.238 e. The zero-order valence-electron chi connectivity index (χ0n) is 15.6. The average Bonchev–Trinajstić information content (AvgIpc) is 2.64. The first kappa shape index (κ1) is 21.2. The van der Waals surface area contributed by atoms with E-state index >= 15 is 0 Å². The van der Waals surface area contributed by atoms with Crippen LogP contribution in [0.15, 0.2) is 48.5 Å². The Bertz CT molecular complexity index is 799. The van der Waals surface area contributed by atoms with Crippen LogP contribution in [0.25, 0.3) is 0 Å². The molecule has 2 amide bonds. The molecule has 0 heterocycles. The molecule has 5 nitrogen and oxygen atoms in total. The van der Waals surface area contributed by atoms with Gasteiger partial charge in [0.15, 0.2) is 0 Å². The summed E-state index contributed by atoms with van der Waals surface area (Å²) in [6, 6.07) is 14.6. The first-order valence-corrected chi connectivity index (χ1v) is 9.27. The zero-order chi connectivity index (χ0) is 20.0. The normalized spacial score (nSPS) is 11.9. The third kappa shape index (κ3) is 6.24. The summed E-state index contributed by atoms with van der Waals surface area (Å²) in [5.74, 6) is -0.293. The predicted octanol–water partition coefficient (Wildman–Crippen LogP) is 4.08. The van der Waals surface area contributed by atoms with Crippen LogP contribution >= 0.6 is 23.2 Å². The number of nitrogens with one attached hydrogen (secondary N) is 1. The van der Waals surface area contributed by atoms with E-state index in [0.717, 1.165) is 5.56 Å². The van der Waals surface area contributed by atoms with Crippen LogP contribution in [0.1, 0.15) is 18.5 Å². The molecule has 0 aromatic heterocycles. The molecule has 7 heteroatoms. The van der Waals surface area contributed by atoms with Crippen LogP contribution in [0.5, 0.6) is 0 Å². The number of hydrogen-bond donors (Lipinski definition) is 1. The van der Waals surface area contributed by atoms with E-state index in [0.29, 0.717) is 15.7 Å². The lowest BCUT2D eigenvalue weighted by Crippen LogP contribution is -2.40. The van der Waals surface area contributed by atoms with E-state index in [2.05, 4.69) is 5.32 Å².